The molecule has 2 aromatic rings. The van der Waals surface area contributed by atoms with Crippen LogP contribution in [0, 0.1) is 0 Å². The van der Waals surface area contributed by atoms with Crippen LogP contribution in [-0.2, 0) is 11.5 Å². The van der Waals surface area contributed by atoms with Gasteiger partial charge in [0.2, 0.25) is 5.28 Å². The topological polar surface area (TPSA) is 85.2 Å². The summed E-state index contributed by atoms with van der Waals surface area (Å²) in [5.74, 6) is 0.429. The molecule has 10 heteroatoms. The molecule has 0 saturated carbocycles. The van der Waals surface area contributed by atoms with Gasteiger partial charge in [-0.1, -0.05) is 0 Å². The number of hydrogen-bond acceptors (Lipinski definition) is 6. The van der Waals surface area contributed by atoms with Crippen LogP contribution in [0.15, 0.2) is 6.33 Å². The average molecular weight is 371 g/mol. The number of carbonyl (C=O) groups is 1. The number of likely N-dealkylation sites (tertiary alicyclic amines) is 1. The number of ether oxygens (including phenoxy) is 1. The highest BCUT2D eigenvalue weighted by atomic mass is 35.5. The smallest absolute Gasteiger partial charge is 0.410 e. The summed E-state index contributed by atoms with van der Waals surface area (Å²) in [6.07, 6.45) is 1.73. The predicted molar refractivity (Wildman–Crippen MR) is 91.3 cm³/mol. The fourth-order valence-electron chi connectivity index (χ4n) is 2.67. The minimum absolute atomic E-state index is 0.00666. The molecule has 1 amide bonds. The van der Waals surface area contributed by atoms with E-state index in [-0.39, 0.29) is 17.4 Å². The lowest BCUT2D eigenvalue weighted by Gasteiger charge is -2.24. The van der Waals surface area contributed by atoms with Crippen molar-refractivity contribution in [3.8, 4) is 0 Å². The van der Waals surface area contributed by atoms with Gasteiger partial charge in [0, 0.05) is 19.1 Å². The van der Waals surface area contributed by atoms with E-state index in [1.807, 2.05) is 20.8 Å². The molecular weight excluding hydrogens is 351 g/mol. The van der Waals surface area contributed by atoms with Gasteiger partial charge in [-0.15, -0.1) is 0 Å². The van der Waals surface area contributed by atoms with E-state index in [1.165, 1.54) is 10.9 Å². The van der Waals surface area contributed by atoms with Crippen LogP contribution in [0.2, 0.25) is 5.28 Å². The molecular formula is C15H20ClFN6O2. The van der Waals surface area contributed by atoms with Crippen molar-refractivity contribution in [1.82, 2.24) is 24.4 Å². The monoisotopic (exact) mass is 370 g/mol. The first-order chi connectivity index (χ1) is 11.8. The number of amides is 1. The zero-order chi connectivity index (χ0) is 18.2. The fraction of sp³-hybridized carbons (Fsp3) is 0.600. The van der Waals surface area contributed by atoms with Crippen LogP contribution in [0.4, 0.5) is 15.0 Å². The second-order valence-electron chi connectivity index (χ2n) is 6.90. The molecule has 0 unspecified atom stereocenters. The van der Waals surface area contributed by atoms with E-state index in [0.717, 1.165) is 6.42 Å². The summed E-state index contributed by atoms with van der Waals surface area (Å²) in [5.41, 5.74) is 0.235. The number of nitrogens with zero attached hydrogens (tertiary/aromatic N) is 5. The number of halogens is 2. The van der Waals surface area contributed by atoms with Crippen LogP contribution in [0.1, 0.15) is 27.2 Å². The van der Waals surface area contributed by atoms with Crippen LogP contribution < -0.4 is 5.32 Å². The van der Waals surface area contributed by atoms with E-state index in [2.05, 4.69) is 20.3 Å². The maximum atomic E-state index is 13.0. The second-order valence-corrected chi connectivity index (χ2v) is 7.24. The van der Waals surface area contributed by atoms with Crippen LogP contribution in [-0.4, -0.2) is 55.2 Å². The number of aromatic nitrogens is 4. The standard InChI is InChI=1S/C15H20ClFN6O2/c1-15(2,3)25-14(24)22-5-4-9(6-22)19-11-10-12(21-13(16)20-11)23(7-17)8-18-10/h8-9H,4-7H2,1-3H3,(H,19,20,21)/t9-/m0/s1. The van der Waals surface area contributed by atoms with Gasteiger partial charge in [0.25, 0.3) is 0 Å². The minimum Gasteiger partial charge on any atom is -0.444 e. The van der Waals surface area contributed by atoms with Crippen molar-refractivity contribution in [2.75, 3.05) is 18.4 Å². The number of imidazole rings is 1. The summed E-state index contributed by atoms with van der Waals surface area (Å²) < 4.78 is 19.6. The van der Waals surface area contributed by atoms with Gasteiger partial charge < -0.3 is 15.0 Å². The van der Waals surface area contributed by atoms with E-state index in [0.29, 0.717) is 30.1 Å². The maximum absolute atomic E-state index is 13.0. The number of anilines is 1. The molecule has 3 rings (SSSR count). The second kappa shape index (κ2) is 6.62. The van der Waals surface area contributed by atoms with Gasteiger partial charge in [-0.3, -0.25) is 4.57 Å². The van der Waals surface area contributed by atoms with Gasteiger partial charge in [-0.05, 0) is 38.8 Å². The van der Waals surface area contributed by atoms with Crippen LogP contribution in [0.3, 0.4) is 0 Å². The van der Waals surface area contributed by atoms with Gasteiger partial charge in [0.15, 0.2) is 23.8 Å². The molecule has 1 aliphatic rings. The number of rotatable bonds is 3. The molecule has 25 heavy (non-hydrogen) atoms. The van der Waals surface area contributed by atoms with Crippen molar-refractivity contribution >= 4 is 34.7 Å². The van der Waals surface area contributed by atoms with Crippen molar-refractivity contribution in [3.05, 3.63) is 11.6 Å². The number of nitrogens with one attached hydrogen (secondary N) is 1. The highest BCUT2D eigenvalue weighted by molar-refractivity contribution is 6.28. The first kappa shape index (κ1) is 17.7. The van der Waals surface area contributed by atoms with Crippen LogP contribution in [0.5, 0.6) is 0 Å². The quantitative estimate of drug-likeness (QED) is 0.836. The van der Waals surface area contributed by atoms with Crippen molar-refractivity contribution in [2.45, 2.75) is 45.6 Å². The Morgan fingerprint density at radius 2 is 2.24 bits per heavy atom. The number of hydrogen-bond donors (Lipinski definition) is 1. The van der Waals surface area contributed by atoms with Crippen molar-refractivity contribution in [2.24, 2.45) is 0 Å². The number of alkyl halides is 1. The molecule has 1 aliphatic heterocycles. The Balaban J connectivity index is 1.73. The van der Waals surface area contributed by atoms with E-state index >= 15 is 0 Å². The zero-order valence-electron chi connectivity index (χ0n) is 14.3. The van der Waals surface area contributed by atoms with Crippen molar-refractivity contribution < 1.29 is 13.9 Å². The molecule has 136 valence electrons. The summed E-state index contributed by atoms with van der Waals surface area (Å²) in [6, 6.07) is -0.0304. The molecule has 0 aliphatic carbocycles. The Bertz CT molecular complexity index is 790. The third-order valence-corrected chi connectivity index (χ3v) is 3.92. The minimum atomic E-state index is -0.751. The summed E-state index contributed by atoms with van der Waals surface area (Å²) in [6.45, 7) is 5.79. The summed E-state index contributed by atoms with van der Waals surface area (Å²) in [4.78, 5) is 26.1. The van der Waals surface area contributed by atoms with Gasteiger partial charge in [-0.2, -0.15) is 9.97 Å². The lowest BCUT2D eigenvalue weighted by atomic mass is 10.2. The molecule has 1 saturated heterocycles. The predicted octanol–water partition coefficient (Wildman–Crippen LogP) is 2.83. The summed E-state index contributed by atoms with van der Waals surface area (Å²) >= 11 is 5.94. The van der Waals surface area contributed by atoms with Gasteiger partial charge in [-0.25, -0.2) is 14.2 Å². The van der Waals surface area contributed by atoms with Crippen LogP contribution in [0.25, 0.3) is 11.2 Å². The highest BCUT2D eigenvalue weighted by Crippen LogP contribution is 2.24. The molecule has 0 radical (unpaired) electrons. The molecule has 0 bridgehead atoms. The largest absolute Gasteiger partial charge is 0.444 e. The molecule has 1 fully saturated rings. The maximum Gasteiger partial charge on any atom is 0.410 e. The Morgan fingerprint density at radius 3 is 2.92 bits per heavy atom. The lowest BCUT2D eigenvalue weighted by Crippen LogP contribution is -2.36. The molecule has 0 spiro atoms. The Hall–Kier alpha value is -2.16. The van der Waals surface area contributed by atoms with E-state index in [1.54, 1.807) is 4.90 Å². The fourth-order valence-corrected chi connectivity index (χ4v) is 2.83. The van der Waals surface area contributed by atoms with E-state index < -0.39 is 12.4 Å². The molecule has 0 aromatic carbocycles. The number of fused-ring (bicyclic) bond motifs is 1. The Morgan fingerprint density at radius 1 is 1.48 bits per heavy atom. The van der Waals surface area contributed by atoms with E-state index in [9.17, 15) is 9.18 Å². The van der Waals surface area contributed by atoms with Gasteiger partial charge in [0.05, 0.1) is 6.33 Å². The molecule has 1 atom stereocenters. The number of carbonyl (C=O) groups excluding carboxylic acids is 1. The summed E-state index contributed by atoms with van der Waals surface area (Å²) in [7, 11) is 0. The zero-order valence-corrected chi connectivity index (χ0v) is 15.0. The lowest BCUT2D eigenvalue weighted by molar-refractivity contribution is 0.0293. The first-order valence-corrected chi connectivity index (χ1v) is 8.33. The SMILES string of the molecule is CC(C)(C)OC(=O)N1CC[C@H](Nc2nc(Cl)nc3c2ncn3CF)C1. The Labute approximate surface area is 149 Å². The van der Waals surface area contributed by atoms with Crippen molar-refractivity contribution in [1.29, 1.82) is 0 Å². The normalized spacial score (nSPS) is 18.0. The van der Waals surface area contributed by atoms with Crippen LogP contribution >= 0.6 is 11.6 Å². The van der Waals surface area contributed by atoms with Gasteiger partial charge >= 0.3 is 6.09 Å². The average Bonchev–Trinajstić information content (AvgIpc) is 3.12. The van der Waals surface area contributed by atoms with Gasteiger partial charge in [0.1, 0.15) is 5.60 Å². The third-order valence-electron chi connectivity index (χ3n) is 3.75. The summed E-state index contributed by atoms with van der Waals surface area (Å²) in [5, 5.41) is 3.23. The third kappa shape index (κ3) is 3.92. The molecule has 1 N–H and O–H groups in total. The highest BCUT2D eigenvalue weighted by Gasteiger charge is 2.30. The molecule has 3 heterocycles. The molecule has 2 aromatic heterocycles. The molecule has 8 nitrogen and oxygen atoms in total. The first-order valence-electron chi connectivity index (χ1n) is 7.95. The van der Waals surface area contributed by atoms with Crippen molar-refractivity contribution in [3.63, 3.8) is 0 Å². The van der Waals surface area contributed by atoms with E-state index in [4.69, 9.17) is 16.3 Å². The Kier molecular flexibility index (Phi) is 4.68.